The molecule has 0 saturated carbocycles. The Hall–Kier alpha value is -3.21. The molecule has 0 spiro atoms. The second kappa shape index (κ2) is 11.2. The van der Waals surface area contributed by atoms with Crippen LogP contribution >= 0.6 is 39.9 Å². The van der Waals surface area contributed by atoms with E-state index in [4.69, 9.17) is 21.7 Å². The number of carbonyl (C=O) groups is 1. The number of aryl methyl sites for hydroxylation is 1. The molecular weight excluding hydrogens is 564 g/mol. The first-order valence-corrected chi connectivity index (χ1v) is 13.0. The smallest absolute Gasteiger partial charge is 0.270 e. The summed E-state index contributed by atoms with van der Waals surface area (Å²) in [4.78, 5) is 25.7. The number of thioether (sulfide) groups is 1. The van der Waals surface area contributed by atoms with E-state index in [0.29, 0.717) is 31.8 Å². The lowest BCUT2D eigenvalue weighted by molar-refractivity contribution is -0.384. The van der Waals surface area contributed by atoms with Crippen LogP contribution in [0, 0.1) is 17.0 Å². The van der Waals surface area contributed by atoms with E-state index in [1.54, 1.807) is 29.2 Å². The van der Waals surface area contributed by atoms with E-state index in [1.807, 2.05) is 44.2 Å². The summed E-state index contributed by atoms with van der Waals surface area (Å²) in [5.41, 5.74) is 3.28. The minimum absolute atomic E-state index is 0.0205. The number of thiocarbonyl (C=S) groups is 1. The van der Waals surface area contributed by atoms with Crippen molar-refractivity contribution < 1.29 is 19.2 Å². The summed E-state index contributed by atoms with van der Waals surface area (Å²) in [5, 5.41) is 10.9. The van der Waals surface area contributed by atoms with Crippen LogP contribution < -0.4 is 14.4 Å². The first kappa shape index (κ1) is 25.9. The Bertz CT molecular complexity index is 1380. The molecule has 1 aliphatic rings. The van der Waals surface area contributed by atoms with Gasteiger partial charge in [-0.25, -0.2) is 0 Å². The number of anilines is 1. The predicted octanol–water partition coefficient (Wildman–Crippen LogP) is 7.05. The number of carbonyl (C=O) groups excluding carboxylic acids is 1. The number of rotatable bonds is 8. The summed E-state index contributed by atoms with van der Waals surface area (Å²) < 4.78 is 12.9. The van der Waals surface area contributed by atoms with Gasteiger partial charge < -0.3 is 9.47 Å². The molecular formula is C26H21BrN2O5S2. The van der Waals surface area contributed by atoms with Gasteiger partial charge in [0.05, 0.1) is 26.6 Å². The fourth-order valence-electron chi connectivity index (χ4n) is 3.58. The van der Waals surface area contributed by atoms with Crippen LogP contribution in [0.5, 0.6) is 11.5 Å². The standard InChI is InChI=1S/C26H21BrN2O5S2/c1-3-33-22-13-18(12-20(27)24(22)34-15-17-8-10-19(11-9-17)29(31)32)14-23-25(30)28(26(35)36-23)21-7-5-4-6-16(21)2/h4-14H,3,15H2,1-2H3. The van der Waals surface area contributed by atoms with E-state index >= 15 is 0 Å². The zero-order valence-corrected chi connectivity index (χ0v) is 22.6. The lowest BCUT2D eigenvalue weighted by atomic mass is 10.1. The molecule has 0 aromatic heterocycles. The summed E-state index contributed by atoms with van der Waals surface area (Å²) in [6.45, 7) is 4.43. The van der Waals surface area contributed by atoms with Crippen LogP contribution in [-0.2, 0) is 11.4 Å². The summed E-state index contributed by atoms with van der Waals surface area (Å²) in [5.74, 6) is 0.834. The molecule has 4 rings (SSSR count). The topological polar surface area (TPSA) is 81.9 Å². The van der Waals surface area contributed by atoms with Crippen molar-refractivity contribution in [3.05, 3.63) is 96.8 Å². The van der Waals surface area contributed by atoms with Crippen molar-refractivity contribution in [3.63, 3.8) is 0 Å². The Morgan fingerprint density at radius 2 is 1.86 bits per heavy atom. The van der Waals surface area contributed by atoms with Crippen LogP contribution in [0.1, 0.15) is 23.6 Å². The molecule has 184 valence electrons. The highest BCUT2D eigenvalue weighted by Crippen LogP contribution is 2.41. The highest BCUT2D eigenvalue weighted by molar-refractivity contribution is 9.10. The highest BCUT2D eigenvalue weighted by atomic mass is 79.9. The van der Waals surface area contributed by atoms with Crippen LogP contribution in [0.15, 0.2) is 70.0 Å². The molecule has 0 aliphatic carbocycles. The van der Waals surface area contributed by atoms with Gasteiger partial charge in [-0.2, -0.15) is 0 Å². The minimum Gasteiger partial charge on any atom is -0.490 e. The third kappa shape index (κ3) is 5.61. The van der Waals surface area contributed by atoms with Crippen molar-refractivity contribution >= 4 is 67.6 Å². The Kier molecular flexibility index (Phi) is 8.07. The van der Waals surface area contributed by atoms with Crippen LogP contribution in [0.4, 0.5) is 11.4 Å². The van der Waals surface area contributed by atoms with Crippen LogP contribution in [0.2, 0.25) is 0 Å². The van der Waals surface area contributed by atoms with Crippen LogP contribution in [0.3, 0.4) is 0 Å². The maximum atomic E-state index is 13.2. The summed E-state index contributed by atoms with van der Waals surface area (Å²) in [7, 11) is 0. The van der Waals surface area contributed by atoms with Crippen LogP contribution in [0.25, 0.3) is 6.08 Å². The summed E-state index contributed by atoms with van der Waals surface area (Å²) in [6, 6.07) is 17.4. The molecule has 1 aliphatic heterocycles. The number of benzene rings is 3. The highest BCUT2D eigenvalue weighted by Gasteiger charge is 2.34. The van der Waals surface area contributed by atoms with Gasteiger partial charge in [0.15, 0.2) is 15.8 Å². The molecule has 1 saturated heterocycles. The third-order valence-electron chi connectivity index (χ3n) is 5.31. The van der Waals surface area contributed by atoms with E-state index in [0.717, 1.165) is 22.4 Å². The maximum absolute atomic E-state index is 13.2. The largest absolute Gasteiger partial charge is 0.490 e. The van der Waals surface area contributed by atoms with Gasteiger partial charge in [-0.05, 0) is 82.9 Å². The quantitative estimate of drug-likeness (QED) is 0.121. The SMILES string of the molecule is CCOc1cc(C=C2SC(=S)N(c3ccccc3C)C2=O)cc(Br)c1OCc1ccc([N+](=O)[O-])cc1. The molecule has 1 heterocycles. The van der Waals surface area contributed by atoms with Crippen molar-refractivity contribution in [2.45, 2.75) is 20.5 Å². The van der Waals surface area contributed by atoms with Crippen molar-refractivity contribution in [1.82, 2.24) is 0 Å². The molecule has 1 fully saturated rings. The van der Waals surface area contributed by atoms with Gasteiger partial charge in [0.2, 0.25) is 0 Å². The van der Waals surface area contributed by atoms with Gasteiger partial charge in [0.25, 0.3) is 11.6 Å². The third-order valence-corrected chi connectivity index (χ3v) is 7.20. The molecule has 0 N–H and O–H groups in total. The molecule has 0 bridgehead atoms. The first-order valence-electron chi connectivity index (χ1n) is 10.9. The molecule has 0 radical (unpaired) electrons. The lowest BCUT2D eigenvalue weighted by Gasteiger charge is -2.17. The number of hydrogen-bond donors (Lipinski definition) is 0. The normalized spacial score (nSPS) is 14.4. The van der Waals surface area contributed by atoms with Gasteiger partial charge in [-0.1, -0.05) is 42.2 Å². The number of nitro benzene ring substituents is 1. The predicted molar refractivity (Wildman–Crippen MR) is 150 cm³/mol. The first-order chi connectivity index (χ1) is 17.3. The van der Waals surface area contributed by atoms with Gasteiger partial charge in [-0.15, -0.1) is 0 Å². The molecule has 7 nitrogen and oxygen atoms in total. The second-order valence-corrected chi connectivity index (χ2v) is 10.3. The number of nitro groups is 1. The number of para-hydroxylation sites is 1. The van der Waals surface area contributed by atoms with E-state index in [9.17, 15) is 14.9 Å². The van der Waals surface area contributed by atoms with Gasteiger partial charge >= 0.3 is 0 Å². The molecule has 3 aromatic rings. The van der Waals surface area contributed by atoms with Crippen LogP contribution in [-0.4, -0.2) is 21.8 Å². The zero-order valence-electron chi connectivity index (χ0n) is 19.4. The fourth-order valence-corrected chi connectivity index (χ4v) is 5.44. The van der Waals surface area contributed by atoms with Crippen molar-refractivity contribution in [2.24, 2.45) is 0 Å². The van der Waals surface area contributed by atoms with Gasteiger partial charge in [-0.3, -0.25) is 19.8 Å². The Labute approximate surface area is 226 Å². The zero-order chi connectivity index (χ0) is 25.8. The maximum Gasteiger partial charge on any atom is 0.270 e. The van der Waals surface area contributed by atoms with E-state index < -0.39 is 4.92 Å². The number of nitrogens with zero attached hydrogens (tertiary/aromatic N) is 2. The average molecular weight is 586 g/mol. The van der Waals surface area contributed by atoms with E-state index in [1.165, 1.54) is 23.9 Å². The number of ether oxygens (including phenoxy) is 2. The monoisotopic (exact) mass is 584 g/mol. The molecule has 3 aromatic carbocycles. The molecule has 36 heavy (non-hydrogen) atoms. The number of halogens is 1. The molecule has 10 heteroatoms. The second-order valence-electron chi connectivity index (χ2n) is 7.78. The van der Waals surface area contributed by atoms with Crippen molar-refractivity contribution in [3.8, 4) is 11.5 Å². The Balaban J connectivity index is 1.58. The summed E-state index contributed by atoms with van der Waals surface area (Å²) >= 11 is 10.3. The van der Waals surface area contributed by atoms with Gasteiger partial charge in [0, 0.05) is 12.1 Å². The summed E-state index contributed by atoms with van der Waals surface area (Å²) in [6.07, 6.45) is 1.78. The molecule has 0 unspecified atom stereocenters. The molecule has 1 amide bonds. The number of hydrogen-bond acceptors (Lipinski definition) is 7. The average Bonchev–Trinajstić information content (AvgIpc) is 3.12. The lowest BCUT2D eigenvalue weighted by Crippen LogP contribution is -2.28. The number of non-ortho nitro benzene ring substituents is 1. The molecule has 0 atom stereocenters. The van der Waals surface area contributed by atoms with Gasteiger partial charge in [0.1, 0.15) is 6.61 Å². The van der Waals surface area contributed by atoms with E-state index in [2.05, 4.69) is 15.9 Å². The Morgan fingerprint density at radius 1 is 1.14 bits per heavy atom. The van der Waals surface area contributed by atoms with Crippen molar-refractivity contribution in [1.29, 1.82) is 0 Å². The van der Waals surface area contributed by atoms with Crippen molar-refractivity contribution in [2.75, 3.05) is 11.5 Å². The fraction of sp³-hybridized carbons (Fsp3) is 0.154. The Morgan fingerprint density at radius 3 is 2.53 bits per heavy atom. The number of amides is 1. The minimum atomic E-state index is -0.443. The van der Waals surface area contributed by atoms with E-state index in [-0.39, 0.29) is 18.2 Å².